The van der Waals surface area contributed by atoms with Crippen LogP contribution in [-0.4, -0.2) is 49.0 Å². The minimum atomic E-state index is -3.65. The quantitative estimate of drug-likeness (QED) is 0.580. The van der Waals surface area contributed by atoms with Crippen molar-refractivity contribution in [3.63, 3.8) is 0 Å². The summed E-state index contributed by atoms with van der Waals surface area (Å²) >= 11 is 0. The first-order valence-corrected chi connectivity index (χ1v) is 11.0. The van der Waals surface area contributed by atoms with Crippen LogP contribution in [0.4, 0.5) is 4.39 Å². The number of carbonyl (C=O) groups is 1. The summed E-state index contributed by atoms with van der Waals surface area (Å²) in [5.41, 5.74) is 8.05. The van der Waals surface area contributed by atoms with Gasteiger partial charge in [0.25, 0.3) is 0 Å². The van der Waals surface area contributed by atoms with Gasteiger partial charge in [0.2, 0.25) is 10.0 Å². The Morgan fingerprint density at radius 3 is 2.55 bits per heavy atom. The number of aromatic carboxylic acids is 1. The number of carboxylic acids is 1. The number of nitrogens with zero attached hydrogens (tertiary/aromatic N) is 2. The van der Waals surface area contributed by atoms with E-state index in [2.05, 4.69) is 0 Å². The lowest BCUT2D eigenvalue weighted by Crippen LogP contribution is -2.22. The maximum atomic E-state index is 14.3. The minimum Gasteiger partial charge on any atom is -0.478 e. The Morgan fingerprint density at radius 1 is 1.23 bits per heavy atom. The van der Waals surface area contributed by atoms with Crippen molar-refractivity contribution < 1.29 is 22.7 Å². The molecule has 0 amide bonds. The number of nitrogens with two attached hydrogens (primary N) is 1. The summed E-state index contributed by atoms with van der Waals surface area (Å²) in [6, 6.07) is 11.1. The number of rotatable bonds is 7. The van der Waals surface area contributed by atoms with E-state index in [4.69, 9.17) is 5.73 Å². The lowest BCUT2D eigenvalue weighted by molar-refractivity contribution is 0.0697. The molecule has 3 rings (SSSR count). The number of sulfonamides is 1. The van der Waals surface area contributed by atoms with Gasteiger partial charge in [0.1, 0.15) is 5.83 Å². The van der Waals surface area contributed by atoms with Crippen molar-refractivity contribution in [1.29, 1.82) is 0 Å². The van der Waals surface area contributed by atoms with Gasteiger partial charge < -0.3 is 15.4 Å². The molecule has 0 spiro atoms. The molecule has 0 bridgehead atoms. The number of benzene rings is 2. The number of hydrogen-bond acceptors (Lipinski definition) is 4. The third kappa shape index (κ3) is 4.25. The summed E-state index contributed by atoms with van der Waals surface area (Å²) in [6.07, 6.45) is 1.26. The Balaban J connectivity index is 2.30. The molecule has 0 saturated heterocycles. The van der Waals surface area contributed by atoms with E-state index in [0.717, 1.165) is 4.31 Å². The van der Waals surface area contributed by atoms with Crippen LogP contribution in [0.15, 0.2) is 59.3 Å². The summed E-state index contributed by atoms with van der Waals surface area (Å²) in [5, 5.41) is 10.1. The number of aromatic nitrogens is 1. The molecular weight excluding hydrogens is 421 g/mol. The molecule has 3 aromatic rings. The minimum absolute atomic E-state index is 0.0434. The maximum absolute atomic E-state index is 14.3. The van der Waals surface area contributed by atoms with Crippen LogP contribution in [0.1, 0.15) is 16.1 Å². The molecule has 0 unspecified atom stereocenters. The fourth-order valence-electron chi connectivity index (χ4n) is 3.54. The van der Waals surface area contributed by atoms with Crippen LogP contribution in [0, 0.1) is 6.92 Å². The molecule has 3 N–H and O–H groups in total. The Bertz CT molecular complexity index is 1290. The van der Waals surface area contributed by atoms with Gasteiger partial charge >= 0.3 is 5.97 Å². The molecule has 0 radical (unpaired) electrons. The second-order valence-electron chi connectivity index (χ2n) is 7.29. The van der Waals surface area contributed by atoms with E-state index < -0.39 is 21.8 Å². The van der Waals surface area contributed by atoms with E-state index in [-0.39, 0.29) is 23.5 Å². The van der Waals surface area contributed by atoms with Crippen LogP contribution in [-0.2, 0) is 16.6 Å². The summed E-state index contributed by atoms with van der Waals surface area (Å²) in [4.78, 5) is 11.6. The number of fused-ring (bicyclic) bond motifs is 1. The maximum Gasteiger partial charge on any atom is 0.335 e. The number of carboxylic acid groups (broad SMARTS) is 1. The van der Waals surface area contributed by atoms with Crippen molar-refractivity contribution >= 4 is 26.9 Å². The van der Waals surface area contributed by atoms with Crippen LogP contribution in [0.25, 0.3) is 22.0 Å². The van der Waals surface area contributed by atoms with Crippen molar-refractivity contribution in [2.75, 3.05) is 20.6 Å². The average Bonchev–Trinajstić information content (AvgIpc) is 2.99. The molecule has 2 aromatic carbocycles. The smallest absolute Gasteiger partial charge is 0.335 e. The van der Waals surface area contributed by atoms with Crippen molar-refractivity contribution in [3.05, 3.63) is 65.6 Å². The molecule has 31 heavy (non-hydrogen) atoms. The van der Waals surface area contributed by atoms with Gasteiger partial charge in [0.15, 0.2) is 0 Å². The van der Waals surface area contributed by atoms with Crippen molar-refractivity contribution in [2.45, 2.75) is 18.4 Å². The highest BCUT2D eigenvalue weighted by molar-refractivity contribution is 7.89. The fourth-order valence-corrected chi connectivity index (χ4v) is 4.49. The molecule has 164 valence electrons. The first-order chi connectivity index (χ1) is 14.6. The standard InChI is InChI=1S/C22H24FN3O4S/c1-14-21(15-5-4-6-18(11-15)31(29,30)25(2)3)19-8-7-16(22(27)28)12-20(19)26(14)13-17(23)9-10-24/h4-9,11-12H,10,13,24H2,1-3H3,(H,27,28)/b17-9-. The second kappa shape index (κ2) is 8.62. The first-order valence-electron chi connectivity index (χ1n) is 9.51. The van der Waals surface area contributed by atoms with Gasteiger partial charge in [-0.05, 0) is 42.8 Å². The van der Waals surface area contributed by atoms with Crippen LogP contribution in [0.2, 0.25) is 0 Å². The molecule has 7 nitrogen and oxygen atoms in total. The third-order valence-corrected chi connectivity index (χ3v) is 6.93. The Kier molecular flexibility index (Phi) is 6.30. The van der Waals surface area contributed by atoms with Crippen molar-refractivity contribution in [2.24, 2.45) is 5.73 Å². The molecule has 0 fully saturated rings. The molecular formula is C22H24FN3O4S. The largest absolute Gasteiger partial charge is 0.478 e. The molecule has 9 heteroatoms. The van der Waals surface area contributed by atoms with Crippen LogP contribution >= 0.6 is 0 Å². The SMILES string of the molecule is Cc1c(-c2cccc(S(=O)(=O)N(C)C)c2)c2ccc(C(=O)O)cc2n1C/C(F)=C/CN. The monoisotopic (exact) mass is 445 g/mol. The van der Waals surface area contributed by atoms with E-state index in [1.165, 1.54) is 38.4 Å². The van der Waals surface area contributed by atoms with Gasteiger partial charge in [-0.25, -0.2) is 21.9 Å². The average molecular weight is 446 g/mol. The zero-order chi connectivity index (χ0) is 22.9. The van der Waals surface area contributed by atoms with Crippen LogP contribution < -0.4 is 5.73 Å². The number of hydrogen-bond donors (Lipinski definition) is 2. The lowest BCUT2D eigenvalue weighted by Gasteiger charge is -2.13. The van der Waals surface area contributed by atoms with E-state index >= 15 is 0 Å². The molecule has 0 saturated carbocycles. The predicted molar refractivity (Wildman–Crippen MR) is 118 cm³/mol. The van der Waals surface area contributed by atoms with Crippen molar-refractivity contribution in [3.8, 4) is 11.1 Å². The summed E-state index contributed by atoms with van der Waals surface area (Å²) in [6.45, 7) is 1.72. The van der Waals surface area contributed by atoms with Gasteiger partial charge in [-0.2, -0.15) is 0 Å². The first kappa shape index (κ1) is 22.7. The molecule has 0 atom stereocenters. The summed E-state index contributed by atoms with van der Waals surface area (Å²) < 4.78 is 42.3. The normalized spacial score (nSPS) is 12.6. The Morgan fingerprint density at radius 2 is 1.94 bits per heavy atom. The van der Waals surface area contributed by atoms with Gasteiger partial charge in [0.05, 0.1) is 22.5 Å². The number of halogens is 1. The zero-order valence-electron chi connectivity index (χ0n) is 17.5. The van der Waals surface area contributed by atoms with E-state index in [1.54, 1.807) is 35.8 Å². The molecule has 0 aliphatic heterocycles. The number of allylic oxidation sites excluding steroid dienone is 1. The Hall–Kier alpha value is -3.01. The summed E-state index contributed by atoms with van der Waals surface area (Å²) in [5.74, 6) is -1.54. The van der Waals surface area contributed by atoms with Gasteiger partial charge in [-0.15, -0.1) is 0 Å². The lowest BCUT2D eigenvalue weighted by atomic mass is 10.0. The highest BCUT2D eigenvalue weighted by atomic mass is 32.2. The third-order valence-electron chi connectivity index (χ3n) is 5.12. The second-order valence-corrected chi connectivity index (χ2v) is 9.44. The van der Waals surface area contributed by atoms with Gasteiger partial charge in [0, 0.05) is 37.3 Å². The summed E-state index contributed by atoms with van der Waals surface area (Å²) in [7, 11) is -0.730. The highest BCUT2D eigenvalue weighted by Crippen LogP contribution is 2.36. The fraction of sp³-hybridized carbons (Fsp3) is 0.227. The van der Waals surface area contributed by atoms with Crippen molar-refractivity contribution in [1.82, 2.24) is 8.87 Å². The molecule has 1 heterocycles. The highest BCUT2D eigenvalue weighted by Gasteiger charge is 2.21. The zero-order valence-corrected chi connectivity index (χ0v) is 18.3. The Labute approximate surface area is 180 Å². The van der Waals surface area contributed by atoms with Gasteiger partial charge in [-0.1, -0.05) is 18.2 Å². The van der Waals surface area contributed by atoms with Crippen LogP contribution in [0.5, 0.6) is 0 Å². The van der Waals surface area contributed by atoms with E-state index in [0.29, 0.717) is 27.7 Å². The topological polar surface area (TPSA) is 106 Å². The van der Waals surface area contributed by atoms with Crippen LogP contribution in [0.3, 0.4) is 0 Å². The van der Waals surface area contributed by atoms with E-state index in [1.807, 2.05) is 0 Å². The van der Waals surface area contributed by atoms with Gasteiger partial charge in [-0.3, -0.25) is 0 Å². The molecule has 0 aliphatic rings. The predicted octanol–water partition coefficient (Wildman–Crippen LogP) is 3.38. The van der Waals surface area contributed by atoms with E-state index in [9.17, 15) is 22.7 Å². The molecule has 0 aliphatic carbocycles. The molecule has 1 aromatic heterocycles.